The molecule has 0 aliphatic rings. The molecule has 90 valence electrons. The van der Waals surface area contributed by atoms with Crippen LogP contribution in [-0.4, -0.2) is 29.0 Å². The van der Waals surface area contributed by atoms with Crippen molar-refractivity contribution in [2.75, 3.05) is 24.3 Å². The zero-order valence-electron chi connectivity index (χ0n) is 9.51. The molecule has 0 amide bonds. The molecule has 0 aliphatic heterocycles. The zero-order valence-corrected chi connectivity index (χ0v) is 11.1. The lowest BCUT2D eigenvalue weighted by Gasteiger charge is -2.19. The van der Waals surface area contributed by atoms with Crippen LogP contribution in [0.4, 0.5) is 11.5 Å². The van der Waals surface area contributed by atoms with Crippen LogP contribution in [0.2, 0.25) is 5.15 Å². The molecule has 2 aromatic rings. The number of thiazole rings is 1. The molecule has 0 aromatic carbocycles. The van der Waals surface area contributed by atoms with E-state index in [1.54, 1.807) is 24.6 Å². The molecule has 17 heavy (non-hydrogen) atoms. The number of rotatable bonds is 4. The molecule has 2 aromatic heterocycles. The Morgan fingerprint density at radius 2 is 2.24 bits per heavy atom. The highest BCUT2D eigenvalue weighted by molar-refractivity contribution is 7.09. The Labute approximate surface area is 108 Å². The van der Waals surface area contributed by atoms with E-state index >= 15 is 0 Å². The van der Waals surface area contributed by atoms with Gasteiger partial charge in [-0.05, 0) is 0 Å². The van der Waals surface area contributed by atoms with Gasteiger partial charge in [-0.3, -0.25) is 0 Å². The van der Waals surface area contributed by atoms with Crippen LogP contribution in [0.25, 0.3) is 0 Å². The number of halogens is 1. The van der Waals surface area contributed by atoms with E-state index in [1.807, 2.05) is 17.3 Å². The summed E-state index contributed by atoms with van der Waals surface area (Å²) in [6.45, 7) is 0.694. The molecule has 5 nitrogen and oxygen atoms in total. The van der Waals surface area contributed by atoms with Gasteiger partial charge in [-0.1, -0.05) is 11.6 Å². The van der Waals surface area contributed by atoms with Crippen molar-refractivity contribution in [1.29, 1.82) is 0 Å². The summed E-state index contributed by atoms with van der Waals surface area (Å²) in [6.07, 6.45) is 3.25. The minimum Gasteiger partial charge on any atom is -0.383 e. The highest BCUT2D eigenvalue weighted by atomic mass is 35.5. The second-order valence-corrected chi connectivity index (χ2v) is 4.73. The van der Waals surface area contributed by atoms with Crippen molar-refractivity contribution in [1.82, 2.24) is 15.0 Å². The quantitative estimate of drug-likeness (QED) is 0.863. The van der Waals surface area contributed by atoms with E-state index in [9.17, 15) is 0 Å². The van der Waals surface area contributed by atoms with Gasteiger partial charge in [-0.25, -0.2) is 15.0 Å². The molecule has 0 spiro atoms. The SMILES string of the molecule is CNc1c(Cl)ncnc1N(C)Cc1nccs1. The average molecular weight is 270 g/mol. The lowest BCUT2D eigenvalue weighted by molar-refractivity contribution is 0.882. The van der Waals surface area contributed by atoms with E-state index in [-0.39, 0.29) is 0 Å². The molecular weight excluding hydrogens is 258 g/mol. The van der Waals surface area contributed by atoms with Gasteiger partial charge in [0.1, 0.15) is 17.0 Å². The van der Waals surface area contributed by atoms with Crippen LogP contribution >= 0.6 is 22.9 Å². The number of anilines is 2. The van der Waals surface area contributed by atoms with Crippen molar-refractivity contribution >= 4 is 34.4 Å². The highest BCUT2D eigenvalue weighted by Gasteiger charge is 2.13. The highest BCUT2D eigenvalue weighted by Crippen LogP contribution is 2.28. The Kier molecular flexibility index (Phi) is 3.75. The molecule has 0 saturated heterocycles. The predicted molar refractivity (Wildman–Crippen MR) is 70.8 cm³/mol. The number of hydrogen-bond donors (Lipinski definition) is 1. The van der Waals surface area contributed by atoms with Gasteiger partial charge < -0.3 is 10.2 Å². The summed E-state index contributed by atoms with van der Waals surface area (Å²) in [5.74, 6) is 0.766. The fraction of sp³-hybridized carbons (Fsp3) is 0.300. The van der Waals surface area contributed by atoms with Crippen molar-refractivity contribution in [3.05, 3.63) is 28.1 Å². The molecule has 0 aliphatic carbocycles. The number of hydrogen-bond acceptors (Lipinski definition) is 6. The van der Waals surface area contributed by atoms with E-state index in [0.717, 1.165) is 16.5 Å². The molecule has 1 N–H and O–H groups in total. The van der Waals surface area contributed by atoms with Crippen molar-refractivity contribution in [3.63, 3.8) is 0 Å². The van der Waals surface area contributed by atoms with Gasteiger partial charge in [0.2, 0.25) is 0 Å². The molecule has 0 fully saturated rings. The van der Waals surface area contributed by atoms with Gasteiger partial charge in [-0.15, -0.1) is 11.3 Å². The van der Waals surface area contributed by atoms with E-state index < -0.39 is 0 Å². The Morgan fingerprint density at radius 3 is 2.88 bits per heavy atom. The first kappa shape index (κ1) is 12.1. The third kappa shape index (κ3) is 2.65. The van der Waals surface area contributed by atoms with Gasteiger partial charge in [0, 0.05) is 25.7 Å². The van der Waals surface area contributed by atoms with Crippen molar-refractivity contribution in [2.24, 2.45) is 0 Å². The second kappa shape index (κ2) is 5.29. The van der Waals surface area contributed by atoms with Crippen LogP contribution in [0.15, 0.2) is 17.9 Å². The maximum Gasteiger partial charge on any atom is 0.157 e. The van der Waals surface area contributed by atoms with Crippen molar-refractivity contribution in [3.8, 4) is 0 Å². The minimum absolute atomic E-state index is 0.420. The summed E-state index contributed by atoms with van der Waals surface area (Å²) in [5, 5.41) is 6.41. The molecule has 7 heteroatoms. The summed E-state index contributed by atoms with van der Waals surface area (Å²) >= 11 is 7.62. The summed E-state index contributed by atoms with van der Waals surface area (Å²) in [6, 6.07) is 0. The number of nitrogens with one attached hydrogen (secondary N) is 1. The van der Waals surface area contributed by atoms with Gasteiger partial charge >= 0.3 is 0 Å². The standard InChI is InChI=1S/C10H12ClN5S/c1-12-8-9(11)14-6-15-10(8)16(2)5-7-13-3-4-17-7/h3-4,6,12H,5H2,1-2H3. The van der Waals surface area contributed by atoms with Gasteiger partial charge in [0.15, 0.2) is 11.0 Å². The first-order valence-corrected chi connectivity index (χ1v) is 6.26. The topological polar surface area (TPSA) is 53.9 Å². The molecule has 0 radical (unpaired) electrons. The Morgan fingerprint density at radius 1 is 1.41 bits per heavy atom. The summed E-state index contributed by atoms with van der Waals surface area (Å²) in [7, 11) is 3.74. The van der Waals surface area contributed by atoms with Gasteiger partial charge in [0.25, 0.3) is 0 Å². The lowest BCUT2D eigenvalue weighted by Crippen LogP contribution is -2.19. The molecule has 2 rings (SSSR count). The fourth-order valence-electron chi connectivity index (χ4n) is 1.47. The van der Waals surface area contributed by atoms with Crippen LogP contribution < -0.4 is 10.2 Å². The van der Waals surface area contributed by atoms with E-state index in [0.29, 0.717) is 11.7 Å². The molecule has 0 unspecified atom stereocenters. The number of nitrogens with zero attached hydrogens (tertiary/aromatic N) is 4. The number of aromatic nitrogens is 3. The molecule has 0 bridgehead atoms. The normalized spacial score (nSPS) is 10.3. The van der Waals surface area contributed by atoms with Crippen LogP contribution in [0.5, 0.6) is 0 Å². The first-order valence-electron chi connectivity index (χ1n) is 5.00. The minimum atomic E-state index is 0.420. The van der Waals surface area contributed by atoms with Crippen LogP contribution in [0, 0.1) is 0 Å². The van der Waals surface area contributed by atoms with Gasteiger partial charge in [0.05, 0.1) is 6.54 Å². The maximum atomic E-state index is 6.00. The third-order valence-electron chi connectivity index (χ3n) is 2.25. The monoisotopic (exact) mass is 269 g/mol. The van der Waals surface area contributed by atoms with Crippen molar-refractivity contribution in [2.45, 2.75) is 6.54 Å². The average Bonchev–Trinajstić information content (AvgIpc) is 2.81. The summed E-state index contributed by atoms with van der Waals surface area (Å²) in [4.78, 5) is 14.4. The maximum absolute atomic E-state index is 6.00. The first-order chi connectivity index (χ1) is 8.22. The lowest BCUT2D eigenvalue weighted by atomic mass is 10.4. The van der Waals surface area contributed by atoms with E-state index in [1.165, 1.54) is 6.33 Å². The Balaban J connectivity index is 2.24. The van der Waals surface area contributed by atoms with Crippen LogP contribution in [0.3, 0.4) is 0 Å². The largest absolute Gasteiger partial charge is 0.383 e. The molecular formula is C10H12ClN5S. The Bertz CT molecular complexity index is 487. The summed E-state index contributed by atoms with van der Waals surface area (Å²) in [5.41, 5.74) is 0.730. The van der Waals surface area contributed by atoms with Crippen molar-refractivity contribution < 1.29 is 0 Å². The smallest absolute Gasteiger partial charge is 0.157 e. The summed E-state index contributed by atoms with van der Waals surface area (Å²) < 4.78 is 0. The Hall–Kier alpha value is -1.40. The van der Waals surface area contributed by atoms with Crippen LogP contribution in [-0.2, 0) is 6.54 Å². The fourth-order valence-corrected chi connectivity index (χ4v) is 2.36. The second-order valence-electron chi connectivity index (χ2n) is 3.39. The van der Waals surface area contributed by atoms with Crippen LogP contribution in [0.1, 0.15) is 5.01 Å². The molecule has 0 saturated carbocycles. The van der Waals surface area contributed by atoms with E-state index in [4.69, 9.17) is 11.6 Å². The zero-order chi connectivity index (χ0) is 12.3. The predicted octanol–water partition coefficient (Wildman–Crippen LogP) is 2.26. The molecule has 2 heterocycles. The third-order valence-corrected chi connectivity index (χ3v) is 3.30. The molecule has 0 atom stereocenters. The van der Waals surface area contributed by atoms with Gasteiger partial charge in [-0.2, -0.15) is 0 Å². The van der Waals surface area contributed by atoms with E-state index in [2.05, 4.69) is 20.3 Å².